The quantitative estimate of drug-likeness (QED) is 0.593. The van der Waals surface area contributed by atoms with Gasteiger partial charge in [0.1, 0.15) is 5.65 Å². The number of aromatic nitrogens is 3. The molecule has 132 valence electrons. The number of pyridine rings is 1. The van der Waals surface area contributed by atoms with E-state index in [-0.39, 0.29) is 12.3 Å². The molecule has 4 rings (SSSR count). The van der Waals surface area contributed by atoms with Crippen LogP contribution in [0.15, 0.2) is 42.7 Å². The molecule has 0 bridgehead atoms. The van der Waals surface area contributed by atoms with Gasteiger partial charge in [-0.25, -0.2) is 4.98 Å². The van der Waals surface area contributed by atoms with Gasteiger partial charge in [0.05, 0.1) is 12.1 Å². The Hall–Kier alpha value is -3.08. The average Bonchev–Trinajstić information content (AvgIpc) is 3.15. The van der Waals surface area contributed by atoms with Crippen LogP contribution in [0.3, 0.4) is 0 Å². The van der Waals surface area contributed by atoms with Gasteiger partial charge in [0.25, 0.3) is 0 Å². The maximum Gasteiger partial charge on any atom is 0.226 e. The number of fused-ring (bicyclic) bond motifs is 2. The Labute approximate surface area is 152 Å². The Bertz CT molecular complexity index is 1120. The maximum atomic E-state index is 12.3. The fourth-order valence-corrected chi connectivity index (χ4v) is 3.34. The van der Waals surface area contributed by atoms with Crippen molar-refractivity contribution in [1.29, 1.82) is 0 Å². The minimum atomic E-state index is -0.0203. The molecule has 2 N–H and O–H groups in total. The topological polar surface area (TPSA) is 62.2 Å². The van der Waals surface area contributed by atoms with Gasteiger partial charge in [0, 0.05) is 35.5 Å². The average molecular weight is 346 g/mol. The van der Waals surface area contributed by atoms with E-state index in [9.17, 15) is 4.79 Å². The van der Waals surface area contributed by atoms with Gasteiger partial charge in [-0.05, 0) is 55.7 Å². The largest absolute Gasteiger partial charge is 0.358 e. The zero-order valence-electron chi connectivity index (χ0n) is 15.3. The second-order valence-electron chi connectivity index (χ2n) is 6.86. The highest BCUT2D eigenvalue weighted by molar-refractivity contribution is 5.85. The molecule has 4 aromatic rings. The lowest BCUT2D eigenvalue weighted by atomic mass is 10.1. The number of hydrogen-bond donors (Lipinski definition) is 2. The summed E-state index contributed by atoms with van der Waals surface area (Å²) in [5.41, 5.74) is 7.46. The highest BCUT2D eigenvalue weighted by Crippen LogP contribution is 2.22. The van der Waals surface area contributed by atoms with Crippen molar-refractivity contribution < 1.29 is 4.79 Å². The van der Waals surface area contributed by atoms with Crippen LogP contribution in [0.4, 0.5) is 0 Å². The van der Waals surface area contributed by atoms with Gasteiger partial charge >= 0.3 is 0 Å². The number of hydrogen-bond acceptors (Lipinski definition) is 2. The van der Waals surface area contributed by atoms with Crippen molar-refractivity contribution in [3.05, 3.63) is 70.8 Å². The van der Waals surface area contributed by atoms with Crippen LogP contribution in [-0.2, 0) is 17.8 Å². The molecule has 3 heterocycles. The molecule has 0 aliphatic carbocycles. The predicted molar refractivity (Wildman–Crippen MR) is 103 cm³/mol. The first-order valence-electron chi connectivity index (χ1n) is 8.79. The molecule has 0 spiro atoms. The van der Waals surface area contributed by atoms with Gasteiger partial charge in [0.2, 0.25) is 5.91 Å². The number of imidazole rings is 1. The third-order valence-corrected chi connectivity index (χ3v) is 4.93. The van der Waals surface area contributed by atoms with E-state index in [0.29, 0.717) is 6.54 Å². The summed E-state index contributed by atoms with van der Waals surface area (Å²) >= 11 is 0. The third kappa shape index (κ3) is 2.96. The van der Waals surface area contributed by atoms with Crippen molar-refractivity contribution in [3.63, 3.8) is 0 Å². The third-order valence-electron chi connectivity index (χ3n) is 4.93. The summed E-state index contributed by atoms with van der Waals surface area (Å²) in [4.78, 5) is 20.2. The van der Waals surface area contributed by atoms with Crippen LogP contribution < -0.4 is 5.32 Å². The van der Waals surface area contributed by atoms with Gasteiger partial charge in [-0.2, -0.15) is 0 Å². The van der Waals surface area contributed by atoms with Crippen molar-refractivity contribution in [2.24, 2.45) is 0 Å². The number of amides is 1. The zero-order chi connectivity index (χ0) is 18.3. The van der Waals surface area contributed by atoms with Crippen molar-refractivity contribution in [2.75, 3.05) is 0 Å². The molecule has 1 amide bonds. The Morgan fingerprint density at radius 3 is 2.88 bits per heavy atom. The summed E-state index contributed by atoms with van der Waals surface area (Å²) in [6.45, 7) is 6.73. The summed E-state index contributed by atoms with van der Waals surface area (Å²) < 4.78 is 1.96. The van der Waals surface area contributed by atoms with Crippen LogP contribution in [0.2, 0.25) is 0 Å². The molecule has 5 heteroatoms. The normalized spacial score (nSPS) is 11.3. The highest BCUT2D eigenvalue weighted by Gasteiger charge is 2.10. The number of nitrogens with one attached hydrogen (secondary N) is 2. The standard InChI is InChI=1S/C21H22N4O/c1-13-5-4-8-25-12-17(24-21(13)25)10-20(26)22-11-16-6-7-19-18(9-16)14(2)15(3)23-19/h4-9,12,23H,10-11H2,1-3H3,(H,22,26). The Kier molecular flexibility index (Phi) is 3.99. The highest BCUT2D eigenvalue weighted by atomic mass is 16.1. The lowest BCUT2D eigenvalue weighted by molar-refractivity contribution is -0.120. The van der Waals surface area contributed by atoms with E-state index < -0.39 is 0 Å². The number of benzene rings is 1. The number of nitrogens with zero attached hydrogens (tertiary/aromatic N) is 2. The molecule has 0 saturated heterocycles. The fourth-order valence-electron chi connectivity index (χ4n) is 3.34. The Morgan fingerprint density at radius 1 is 1.23 bits per heavy atom. The van der Waals surface area contributed by atoms with Crippen LogP contribution in [0.1, 0.15) is 28.1 Å². The maximum absolute atomic E-state index is 12.3. The predicted octanol–water partition coefficient (Wildman–Crippen LogP) is 3.60. The summed E-state index contributed by atoms with van der Waals surface area (Å²) in [6, 6.07) is 10.3. The minimum Gasteiger partial charge on any atom is -0.358 e. The number of carbonyl (C=O) groups excluding carboxylic acids is 1. The van der Waals surface area contributed by atoms with Crippen LogP contribution in [-0.4, -0.2) is 20.3 Å². The summed E-state index contributed by atoms with van der Waals surface area (Å²) in [5, 5.41) is 4.21. The van der Waals surface area contributed by atoms with Gasteiger partial charge in [-0.1, -0.05) is 12.1 Å². The molecule has 0 aliphatic heterocycles. The lowest BCUT2D eigenvalue weighted by Crippen LogP contribution is -2.24. The first-order chi connectivity index (χ1) is 12.5. The minimum absolute atomic E-state index is 0.0203. The van der Waals surface area contributed by atoms with Gasteiger partial charge in [-0.3, -0.25) is 4.79 Å². The van der Waals surface area contributed by atoms with E-state index in [1.807, 2.05) is 41.9 Å². The SMILES string of the molecule is Cc1[nH]c2ccc(CNC(=O)Cc3cn4cccc(C)c4n3)cc2c1C. The van der Waals surface area contributed by atoms with Crippen LogP contribution >= 0.6 is 0 Å². The van der Waals surface area contributed by atoms with Gasteiger partial charge in [-0.15, -0.1) is 0 Å². The second kappa shape index (κ2) is 6.33. The van der Waals surface area contributed by atoms with E-state index in [1.54, 1.807) is 0 Å². The molecule has 5 nitrogen and oxygen atoms in total. The lowest BCUT2D eigenvalue weighted by Gasteiger charge is -2.05. The molecule has 3 aromatic heterocycles. The van der Waals surface area contributed by atoms with Crippen molar-refractivity contribution in [3.8, 4) is 0 Å². The van der Waals surface area contributed by atoms with E-state index in [2.05, 4.69) is 41.3 Å². The molecule has 0 radical (unpaired) electrons. The van der Waals surface area contributed by atoms with Crippen LogP contribution in [0.5, 0.6) is 0 Å². The van der Waals surface area contributed by atoms with Crippen molar-refractivity contribution in [2.45, 2.75) is 33.7 Å². The molecule has 0 fully saturated rings. The molecule has 0 saturated carbocycles. The molecular formula is C21H22N4O. The van der Waals surface area contributed by atoms with Crippen LogP contribution in [0, 0.1) is 20.8 Å². The first kappa shape index (κ1) is 16.4. The van der Waals surface area contributed by atoms with Crippen molar-refractivity contribution in [1.82, 2.24) is 19.7 Å². The summed E-state index contributed by atoms with van der Waals surface area (Å²) in [7, 11) is 0. The Morgan fingerprint density at radius 2 is 2.08 bits per heavy atom. The Balaban J connectivity index is 1.44. The molecule has 0 atom stereocenters. The molecule has 1 aromatic carbocycles. The number of carbonyl (C=O) groups is 1. The molecule has 0 aliphatic rings. The van der Waals surface area contributed by atoms with Gasteiger partial charge < -0.3 is 14.7 Å². The molecule has 26 heavy (non-hydrogen) atoms. The van der Waals surface area contributed by atoms with E-state index in [4.69, 9.17) is 0 Å². The number of aromatic amines is 1. The molecular weight excluding hydrogens is 324 g/mol. The van der Waals surface area contributed by atoms with E-state index >= 15 is 0 Å². The summed E-state index contributed by atoms with van der Waals surface area (Å²) in [6.07, 6.45) is 4.15. The number of aryl methyl sites for hydroxylation is 3. The smallest absolute Gasteiger partial charge is 0.226 e. The van der Waals surface area contributed by atoms with Gasteiger partial charge in [0.15, 0.2) is 0 Å². The number of rotatable bonds is 4. The van der Waals surface area contributed by atoms with Crippen molar-refractivity contribution >= 4 is 22.5 Å². The molecule has 0 unspecified atom stereocenters. The van der Waals surface area contributed by atoms with E-state index in [0.717, 1.165) is 28.0 Å². The van der Waals surface area contributed by atoms with Crippen LogP contribution in [0.25, 0.3) is 16.6 Å². The zero-order valence-corrected chi connectivity index (χ0v) is 15.3. The number of H-pyrrole nitrogens is 1. The monoisotopic (exact) mass is 346 g/mol. The second-order valence-corrected chi connectivity index (χ2v) is 6.86. The summed E-state index contributed by atoms with van der Waals surface area (Å²) in [5.74, 6) is -0.0203. The fraction of sp³-hybridized carbons (Fsp3) is 0.238. The first-order valence-corrected chi connectivity index (χ1v) is 8.79. The van der Waals surface area contributed by atoms with E-state index in [1.165, 1.54) is 16.6 Å².